The second-order valence-electron chi connectivity index (χ2n) is 14.0. The van der Waals surface area contributed by atoms with Gasteiger partial charge in [-0.2, -0.15) is 0 Å². The van der Waals surface area contributed by atoms with Crippen LogP contribution in [0.25, 0.3) is 0 Å². The van der Waals surface area contributed by atoms with E-state index >= 15 is 0 Å². The molecule has 0 radical (unpaired) electrons. The fraction of sp³-hybridized carbons (Fsp3) is 0.778. The summed E-state index contributed by atoms with van der Waals surface area (Å²) in [5, 5.41) is 0. The summed E-state index contributed by atoms with van der Waals surface area (Å²) < 4.78 is 21.7. The molecular weight excluding hydrogens is 650 g/mol. The molecule has 0 spiro atoms. The first kappa shape index (κ1) is 49.8. The first-order chi connectivity index (χ1) is 25.6. The van der Waals surface area contributed by atoms with Crippen molar-refractivity contribution in [1.82, 2.24) is 0 Å². The van der Waals surface area contributed by atoms with E-state index in [1.165, 1.54) is 103 Å². The molecule has 0 amide bonds. The minimum atomic E-state index is -0.316. The molecule has 52 heavy (non-hydrogen) atoms. The third kappa shape index (κ3) is 42.2. The number of rotatable bonds is 40. The van der Waals surface area contributed by atoms with Gasteiger partial charge >= 0.3 is 11.9 Å². The number of allylic oxidation sites excluding steroid dienone is 8. The molecule has 0 atom stereocenters. The molecule has 0 aromatic rings. The lowest BCUT2D eigenvalue weighted by Gasteiger charge is -2.12. The summed E-state index contributed by atoms with van der Waals surface area (Å²) in [5.74, 6) is -0.470. The van der Waals surface area contributed by atoms with E-state index < -0.39 is 0 Å². The standard InChI is InChI=1S/C45H81NO6/c1-3-5-7-9-11-13-15-17-19-21-23-25-27-29-31-33-37-51-44(47)35-39-49-41-43(46)42-50-40-36-45(48)52-38-34-32-30-28-26-24-22-20-18-16-14-12-10-8-6-4-2/h11-14,17-20,43H,3-10,15-16,21-42,46H2,1-2H3. The van der Waals surface area contributed by atoms with Gasteiger partial charge in [-0.25, -0.2) is 0 Å². The summed E-state index contributed by atoms with van der Waals surface area (Å²) in [5.41, 5.74) is 6.03. The number of unbranched alkanes of at least 4 members (excludes halogenated alkanes) is 18. The molecule has 0 unspecified atom stereocenters. The molecule has 0 heterocycles. The van der Waals surface area contributed by atoms with Crippen LogP contribution in [0.15, 0.2) is 48.6 Å². The van der Waals surface area contributed by atoms with Crippen LogP contribution in [-0.4, -0.2) is 57.6 Å². The summed E-state index contributed by atoms with van der Waals surface area (Å²) in [7, 11) is 0. The topological polar surface area (TPSA) is 97.1 Å². The fourth-order valence-corrected chi connectivity index (χ4v) is 5.53. The van der Waals surface area contributed by atoms with Crippen LogP contribution in [-0.2, 0) is 28.5 Å². The van der Waals surface area contributed by atoms with E-state index in [1.807, 2.05) is 0 Å². The van der Waals surface area contributed by atoms with E-state index in [0.29, 0.717) is 13.2 Å². The summed E-state index contributed by atoms with van der Waals surface area (Å²) in [6, 6.07) is -0.316. The van der Waals surface area contributed by atoms with Crippen LogP contribution >= 0.6 is 0 Å². The monoisotopic (exact) mass is 732 g/mol. The van der Waals surface area contributed by atoms with Crippen molar-refractivity contribution in [2.24, 2.45) is 5.73 Å². The number of carbonyl (C=O) groups excluding carboxylic acids is 2. The van der Waals surface area contributed by atoms with Crippen molar-refractivity contribution in [3.05, 3.63) is 48.6 Å². The molecule has 302 valence electrons. The predicted octanol–water partition coefficient (Wildman–Crippen LogP) is 11.8. The Morgan fingerprint density at radius 2 is 0.769 bits per heavy atom. The molecule has 0 aliphatic rings. The van der Waals surface area contributed by atoms with Gasteiger partial charge < -0.3 is 24.7 Å². The van der Waals surface area contributed by atoms with E-state index in [4.69, 9.17) is 24.7 Å². The first-order valence-corrected chi connectivity index (χ1v) is 21.4. The fourth-order valence-electron chi connectivity index (χ4n) is 5.53. The van der Waals surface area contributed by atoms with Gasteiger partial charge in [-0.3, -0.25) is 9.59 Å². The average Bonchev–Trinajstić information content (AvgIpc) is 3.14. The molecule has 7 heteroatoms. The molecule has 0 aromatic heterocycles. The van der Waals surface area contributed by atoms with Gasteiger partial charge in [-0.15, -0.1) is 0 Å². The molecule has 0 bridgehead atoms. The lowest BCUT2D eigenvalue weighted by atomic mass is 10.1. The quantitative estimate of drug-likeness (QED) is 0.0380. The number of nitrogens with two attached hydrogens (primary N) is 1. The van der Waals surface area contributed by atoms with Gasteiger partial charge in [0, 0.05) is 0 Å². The number of hydrogen-bond acceptors (Lipinski definition) is 7. The highest BCUT2D eigenvalue weighted by Gasteiger charge is 2.08. The third-order valence-electron chi connectivity index (χ3n) is 8.78. The third-order valence-corrected chi connectivity index (χ3v) is 8.78. The first-order valence-electron chi connectivity index (χ1n) is 21.4. The Bertz CT molecular complexity index is 813. The lowest BCUT2D eigenvalue weighted by molar-refractivity contribution is -0.145. The van der Waals surface area contributed by atoms with Crippen LogP contribution in [0.2, 0.25) is 0 Å². The summed E-state index contributed by atoms with van der Waals surface area (Å²) in [6.45, 7) is 6.56. The van der Waals surface area contributed by atoms with Gasteiger partial charge in [-0.05, 0) is 77.0 Å². The molecular formula is C45H81NO6. The second-order valence-corrected chi connectivity index (χ2v) is 14.0. The van der Waals surface area contributed by atoms with E-state index in [0.717, 1.165) is 51.4 Å². The summed E-state index contributed by atoms with van der Waals surface area (Å²) >= 11 is 0. The van der Waals surface area contributed by atoms with Crippen LogP contribution in [0.1, 0.15) is 181 Å². The highest BCUT2D eigenvalue weighted by atomic mass is 16.5. The van der Waals surface area contributed by atoms with Crippen molar-refractivity contribution < 1.29 is 28.5 Å². The Balaban J connectivity index is 3.42. The normalized spacial score (nSPS) is 12.6. The second kappa shape index (κ2) is 43.2. The molecule has 0 fully saturated rings. The van der Waals surface area contributed by atoms with Crippen molar-refractivity contribution in [2.75, 3.05) is 39.6 Å². The van der Waals surface area contributed by atoms with Crippen LogP contribution in [0.5, 0.6) is 0 Å². The lowest BCUT2D eigenvalue weighted by Crippen LogP contribution is -2.32. The smallest absolute Gasteiger partial charge is 0.308 e. The van der Waals surface area contributed by atoms with Gasteiger partial charge in [0.1, 0.15) is 0 Å². The van der Waals surface area contributed by atoms with Crippen molar-refractivity contribution in [1.29, 1.82) is 0 Å². The maximum absolute atomic E-state index is 11.9. The van der Waals surface area contributed by atoms with Gasteiger partial charge in [0.05, 0.1) is 58.5 Å². The molecule has 0 saturated heterocycles. The van der Waals surface area contributed by atoms with Gasteiger partial charge in [-0.1, -0.05) is 140 Å². The Morgan fingerprint density at radius 1 is 0.442 bits per heavy atom. The minimum absolute atomic E-state index is 0.219. The van der Waals surface area contributed by atoms with Gasteiger partial charge in [0.2, 0.25) is 0 Å². The number of esters is 2. The van der Waals surface area contributed by atoms with Crippen LogP contribution in [0, 0.1) is 0 Å². The summed E-state index contributed by atoms with van der Waals surface area (Å²) in [6.07, 6.45) is 47.3. The highest BCUT2D eigenvalue weighted by Crippen LogP contribution is 2.10. The van der Waals surface area contributed by atoms with Gasteiger partial charge in [0.15, 0.2) is 0 Å². The number of ether oxygens (including phenoxy) is 4. The molecule has 7 nitrogen and oxygen atoms in total. The predicted molar refractivity (Wildman–Crippen MR) is 219 cm³/mol. The van der Waals surface area contributed by atoms with Gasteiger partial charge in [0.25, 0.3) is 0 Å². The Labute approximate surface area is 320 Å². The van der Waals surface area contributed by atoms with E-state index in [2.05, 4.69) is 62.5 Å². The van der Waals surface area contributed by atoms with E-state index in [-0.39, 0.29) is 57.2 Å². The van der Waals surface area contributed by atoms with Crippen LogP contribution in [0.4, 0.5) is 0 Å². The van der Waals surface area contributed by atoms with Crippen molar-refractivity contribution in [2.45, 2.75) is 187 Å². The van der Waals surface area contributed by atoms with Crippen molar-refractivity contribution >= 4 is 11.9 Å². The van der Waals surface area contributed by atoms with E-state index in [1.54, 1.807) is 0 Å². The summed E-state index contributed by atoms with van der Waals surface area (Å²) in [4.78, 5) is 23.9. The maximum Gasteiger partial charge on any atom is 0.308 e. The minimum Gasteiger partial charge on any atom is -0.466 e. The molecule has 0 aromatic carbocycles. The van der Waals surface area contributed by atoms with Crippen molar-refractivity contribution in [3.8, 4) is 0 Å². The Hall–Kier alpha value is -2.22. The number of carbonyl (C=O) groups is 2. The molecule has 2 N–H and O–H groups in total. The zero-order chi connectivity index (χ0) is 37.8. The zero-order valence-corrected chi connectivity index (χ0v) is 33.9. The highest BCUT2D eigenvalue weighted by molar-refractivity contribution is 5.69. The molecule has 0 aliphatic heterocycles. The van der Waals surface area contributed by atoms with Crippen LogP contribution < -0.4 is 5.73 Å². The average molecular weight is 732 g/mol. The molecule has 0 saturated carbocycles. The zero-order valence-electron chi connectivity index (χ0n) is 33.9. The van der Waals surface area contributed by atoms with Crippen molar-refractivity contribution in [3.63, 3.8) is 0 Å². The number of hydrogen-bond donors (Lipinski definition) is 1. The Morgan fingerprint density at radius 3 is 1.13 bits per heavy atom. The Kier molecular flexibility index (Phi) is 41.3. The maximum atomic E-state index is 11.9. The molecule has 0 rings (SSSR count). The van der Waals surface area contributed by atoms with Crippen LogP contribution in [0.3, 0.4) is 0 Å². The van der Waals surface area contributed by atoms with E-state index in [9.17, 15) is 9.59 Å². The molecule has 0 aliphatic carbocycles. The largest absolute Gasteiger partial charge is 0.466 e. The SMILES string of the molecule is CCCCCC=CCC=CCCCCCCCCOC(=O)CCOCC(N)COCCC(=O)OCCCCCCCCC=CCC=CCCCCC.